The Kier molecular flexibility index (Phi) is 8.10. The minimum absolute atomic E-state index is 0.00599. The van der Waals surface area contributed by atoms with E-state index in [9.17, 15) is 13.2 Å². The number of benzene rings is 2. The second-order valence-corrected chi connectivity index (χ2v) is 11.2. The van der Waals surface area contributed by atoms with Crippen LogP contribution in [0.25, 0.3) is 11.3 Å². The van der Waals surface area contributed by atoms with Gasteiger partial charge in [-0.1, -0.05) is 77.4 Å². The second kappa shape index (κ2) is 11.3. The van der Waals surface area contributed by atoms with Crippen LogP contribution >= 0.6 is 11.6 Å². The number of sulfone groups is 1. The van der Waals surface area contributed by atoms with Gasteiger partial charge in [0.2, 0.25) is 0 Å². The van der Waals surface area contributed by atoms with Crippen molar-refractivity contribution in [3.05, 3.63) is 76.8 Å². The Bertz CT molecular complexity index is 1340. The molecule has 1 saturated heterocycles. The van der Waals surface area contributed by atoms with Crippen LogP contribution in [0.2, 0.25) is 5.02 Å². The van der Waals surface area contributed by atoms with Crippen molar-refractivity contribution in [2.75, 3.05) is 44.9 Å². The van der Waals surface area contributed by atoms with Crippen LogP contribution in [0.1, 0.15) is 11.1 Å². The fraction of sp³-hybridized carbons (Fsp3) is 0.280. The van der Waals surface area contributed by atoms with E-state index in [0.29, 0.717) is 53.8 Å². The Labute approximate surface area is 215 Å². The van der Waals surface area contributed by atoms with Gasteiger partial charge in [0.15, 0.2) is 16.4 Å². The quantitative estimate of drug-likeness (QED) is 0.428. The SMILES string of the molecule is CS(=O)(=O)CN1CCN(C(=O)C[NH2+]c2nnc(-c3ccccc3)c(Cl)c2C(=N)c2ccccc2)CC1. The Hall–Kier alpha value is -3.18. The average molecular weight is 528 g/mol. The molecule has 1 aliphatic rings. The van der Waals surface area contributed by atoms with Crippen LogP contribution in [0.3, 0.4) is 0 Å². The van der Waals surface area contributed by atoms with E-state index in [2.05, 4.69) is 10.2 Å². The van der Waals surface area contributed by atoms with Gasteiger partial charge >= 0.3 is 0 Å². The van der Waals surface area contributed by atoms with Gasteiger partial charge in [-0.05, 0) is 0 Å². The van der Waals surface area contributed by atoms with Gasteiger partial charge in [0.25, 0.3) is 11.7 Å². The van der Waals surface area contributed by atoms with Gasteiger partial charge in [0, 0.05) is 43.6 Å². The molecule has 2 heterocycles. The normalized spacial score (nSPS) is 14.6. The highest BCUT2D eigenvalue weighted by atomic mass is 35.5. The number of hydrogen-bond donors (Lipinski definition) is 2. The van der Waals surface area contributed by atoms with E-state index in [1.807, 2.05) is 65.6 Å². The van der Waals surface area contributed by atoms with Crippen LogP contribution < -0.4 is 5.32 Å². The number of halogens is 1. The van der Waals surface area contributed by atoms with Gasteiger partial charge in [0.1, 0.15) is 17.1 Å². The van der Waals surface area contributed by atoms with E-state index in [1.165, 1.54) is 6.26 Å². The fourth-order valence-corrected chi connectivity index (χ4v) is 5.37. The molecule has 3 N–H and O–H groups in total. The lowest BCUT2D eigenvalue weighted by Gasteiger charge is -2.33. The first-order valence-corrected chi connectivity index (χ1v) is 13.9. The van der Waals surface area contributed by atoms with Gasteiger partial charge < -0.3 is 4.90 Å². The van der Waals surface area contributed by atoms with Crippen molar-refractivity contribution in [1.29, 1.82) is 5.41 Å². The van der Waals surface area contributed by atoms with Crippen molar-refractivity contribution in [3.63, 3.8) is 0 Å². The molecule has 2 aromatic carbocycles. The van der Waals surface area contributed by atoms with Crippen molar-refractivity contribution in [1.82, 2.24) is 20.0 Å². The summed E-state index contributed by atoms with van der Waals surface area (Å²) in [6.07, 6.45) is 1.21. The van der Waals surface area contributed by atoms with Crippen LogP contribution in [-0.4, -0.2) is 84.9 Å². The van der Waals surface area contributed by atoms with Crippen molar-refractivity contribution < 1.29 is 18.5 Å². The molecule has 4 rings (SSSR count). The second-order valence-electron chi connectivity index (χ2n) is 8.69. The lowest BCUT2D eigenvalue weighted by Crippen LogP contribution is -2.82. The number of rotatable bonds is 8. The smallest absolute Gasteiger partial charge is 0.278 e. The standard InChI is InChI=1S/C25H27ClN6O3S/c1-36(34,35)17-31-12-14-32(15-13-31)20(33)16-28-25-21(23(27)18-8-4-2-5-9-18)22(26)24(29-30-25)19-10-6-3-7-11-19/h2-11,27H,12-17H2,1H3,(H,28,30)/p+1. The maximum atomic E-state index is 12.9. The number of aromatic nitrogens is 2. The number of carbonyl (C=O) groups excluding carboxylic acids is 1. The fourth-order valence-electron chi connectivity index (χ4n) is 4.11. The summed E-state index contributed by atoms with van der Waals surface area (Å²) in [5, 5.41) is 19.5. The van der Waals surface area contributed by atoms with E-state index in [0.717, 1.165) is 5.56 Å². The van der Waals surface area contributed by atoms with Gasteiger partial charge in [-0.2, -0.15) is 0 Å². The van der Waals surface area contributed by atoms with E-state index >= 15 is 0 Å². The number of carbonyl (C=O) groups is 1. The van der Waals surface area contributed by atoms with Crippen molar-refractivity contribution >= 4 is 38.9 Å². The molecule has 11 heteroatoms. The van der Waals surface area contributed by atoms with E-state index in [4.69, 9.17) is 17.0 Å². The van der Waals surface area contributed by atoms with Gasteiger partial charge in [-0.15, -0.1) is 5.10 Å². The van der Waals surface area contributed by atoms with Crippen LogP contribution in [0.4, 0.5) is 5.82 Å². The Morgan fingerprint density at radius 2 is 1.61 bits per heavy atom. The first-order valence-electron chi connectivity index (χ1n) is 11.5. The zero-order valence-electron chi connectivity index (χ0n) is 19.9. The molecule has 0 saturated carbocycles. The van der Waals surface area contributed by atoms with Gasteiger partial charge in [-0.3, -0.25) is 20.4 Å². The lowest BCUT2D eigenvalue weighted by molar-refractivity contribution is -0.564. The summed E-state index contributed by atoms with van der Waals surface area (Å²) in [5.74, 6) is 0.266. The molecule has 0 spiro atoms. The maximum Gasteiger partial charge on any atom is 0.278 e. The average Bonchev–Trinajstić information content (AvgIpc) is 2.87. The lowest BCUT2D eigenvalue weighted by atomic mass is 10.0. The summed E-state index contributed by atoms with van der Waals surface area (Å²) in [6.45, 7) is 1.97. The molecule has 1 fully saturated rings. The predicted octanol–water partition coefficient (Wildman–Crippen LogP) is 1.55. The monoisotopic (exact) mass is 527 g/mol. The molecule has 0 bridgehead atoms. The van der Waals surface area contributed by atoms with E-state index < -0.39 is 9.84 Å². The number of nitrogens with zero attached hydrogens (tertiary/aromatic N) is 4. The van der Waals surface area contributed by atoms with Crippen LogP contribution in [0.5, 0.6) is 0 Å². The van der Waals surface area contributed by atoms with E-state index in [-0.39, 0.29) is 24.0 Å². The molecule has 36 heavy (non-hydrogen) atoms. The highest BCUT2D eigenvalue weighted by Gasteiger charge is 2.27. The molecule has 9 nitrogen and oxygen atoms in total. The molecular formula is C25H28ClN6O3S+. The third-order valence-electron chi connectivity index (χ3n) is 5.91. The highest BCUT2D eigenvalue weighted by molar-refractivity contribution is 7.90. The zero-order chi connectivity index (χ0) is 25.7. The molecule has 0 atom stereocenters. The minimum Gasteiger partial charge on any atom is -0.335 e. The summed E-state index contributed by atoms with van der Waals surface area (Å²) in [6, 6.07) is 18.6. The molecule has 0 unspecified atom stereocenters. The van der Waals surface area contributed by atoms with Crippen molar-refractivity contribution in [2.24, 2.45) is 0 Å². The third kappa shape index (κ3) is 6.33. The third-order valence-corrected chi connectivity index (χ3v) is 7.12. The van der Waals surface area contributed by atoms with E-state index in [1.54, 1.807) is 10.2 Å². The summed E-state index contributed by atoms with van der Waals surface area (Å²) in [5.41, 5.74) is 2.54. The molecule has 0 aliphatic carbocycles. The summed E-state index contributed by atoms with van der Waals surface area (Å²) < 4.78 is 23.1. The maximum absolute atomic E-state index is 12.9. The number of amides is 1. The van der Waals surface area contributed by atoms with Crippen LogP contribution in [-0.2, 0) is 14.6 Å². The van der Waals surface area contributed by atoms with Crippen molar-refractivity contribution in [2.45, 2.75) is 0 Å². The number of piperazine rings is 1. The zero-order valence-corrected chi connectivity index (χ0v) is 21.5. The first kappa shape index (κ1) is 25.9. The van der Waals surface area contributed by atoms with Gasteiger partial charge in [0.05, 0.1) is 10.7 Å². The number of hydrogen-bond acceptors (Lipinski definition) is 7. The molecule has 1 aliphatic heterocycles. The number of nitrogens with one attached hydrogen (secondary N) is 1. The Morgan fingerprint density at radius 1 is 1.00 bits per heavy atom. The summed E-state index contributed by atoms with van der Waals surface area (Å²) in [4.78, 5) is 16.5. The highest BCUT2D eigenvalue weighted by Crippen LogP contribution is 2.31. The molecular weight excluding hydrogens is 500 g/mol. The summed E-state index contributed by atoms with van der Waals surface area (Å²) >= 11 is 6.81. The number of quaternary nitrogens is 1. The summed E-state index contributed by atoms with van der Waals surface area (Å²) in [7, 11) is -3.10. The molecule has 0 radical (unpaired) electrons. The van der Waals surface area contributed by atoms with Gasteiger partial charge in [-0.25, -0.2) is 8.42 Å². The minimum atomic E-state index is -3.10. The Morgan fingerprint density at radius 3 is 2.22 bits per heavy atom. The van der Waals surface area contributed by atoms with Crippen LogP contribution in [0, 0.1) is 5.41 Å². The molecule has 3 aromatic rings. The molecule has 188 valence electrons. The number of nitrogens with two attached hydrogens (primary N) is 1. The predicted molar refractivity (Wildman–Crippen MR) is 139 cm³/mol. The largest absolute Gasteiger partial charge is 0.335 e. The molecule has 1 amide bonds. The van der Waals surface area contributed by atoms with Crippen molar-refractivity contribution in [3.8, 4) is 11.3 Å². The topological polar surface area (TPSA) is 124 Å². The molecule has 1 aromatic heterocycles. The van der Waals surface area contributed by atoms with Crippen LogP contribution in [0.15, 0.2) is 60.7 Å². The Balaban J connectivity index is 1.54. The first-order chi connectivity index (χ1) is 17.2.